The first kappa shape index (κ1) is 15.8. The Labute approximate surface area is 140 Å². The highest BCUT2D eigenvalue weighted by atomic mass is 32.2. The number of nitrogens with zero attached hydrogens (tertiary/aromatic N) is 2. The van der Waals surface area contributed by atoms with Gasteiger partial charge in [0.25, 0.3) is 0 Å². The Hall–Kier alpha value is -1.73. The van der Waals surface area contributed by atoms with E-state index in [1.807, 2.05) is 12.3 Å². The highest BCUT2D eigenvalue weighted by molar-refractivity contribution is 7.91. The molecule has 1 fully saturated rings. The minimum atomic E-state index is -2.90. The van der Waals surface area contributed by atoms with Gasteiger partial charge in [-0.25, -0.2) is 12.8 Å². The van der Waals surface area contributed by atoms with Crippen LogP contribution in [0.5, 0.6) is 0 Å². The van der Waals surface area contributed by atoms with E-state index in [2.05, 4.69) is 10.4 Å². The SMILES string of the molecule is O=S1(=O)CC[C@@H](n2cc(CN[C@H]3CCc4cc(F)ccc43)cn2)C1. The van der Waals surface area contributed by atoms with Crippen LogP contribution in [0.3, 0.4) is 0 Å². The summed E-state index contributed by atoms with van der Waals surface area (Å²) >= 11 is 0. The number of rotatable bonds is 4. The topological polar surface area (TPSA) is 64.0 Å². The van der Waals surface area contributed by atoms with Gasteiger partial charge in [0, 0.05) is 24.3 Å². The minimum absolute atomic E-state index is 0.0427. The summed E-state index contributed by atoms with van der Waals surface area (Å²) in [6.07, 6.45) is 6.22. The summed E-state index contributed by atoms with van der Waals surface area (Å²) in [7, 11) is -2.90. The quantitative estimate of drug-likeness (QED) is 0.919. The van der Waals surface area contributed by atoms with Gasteiger partial charge >= 0.3 is 0 Å². The third-order valence-corrected chi connectivity index (χ3v) is 6.72. The van der Waals surface area contributed by atoms with Crippen molar-refractivity contribution in [2.24, 2.45) is 0 Å². The molecule has 1 saturated heterocycles. The van der Waals surface area contributed by atoms with Gasteiger partial charge in [0.05, 0.1) is 23.7 Å². The van der Waals surface area contributed by atoms with Crippen molar-refractivity contribution in [1.82, 2.24) is 15.1 Å². The van der Waals surface area contributed by atoms with Gasteiger partial charge in [-0.15, -0.1) is 0 Å². The van der Waals surface area contributed by atoms with Crippen LogP contribution in [0.2, 0.25) is 0 Å². The van der Waals surface area contributed by atoms with Crippen LogP contribution in [0, 0.1) is 5.82 Å². The predicted octanol–water partition coefficient (Wildman–Crippen LogP) is 2.16. The zero-order valence-corrected chi connectivity index (χ0v) is 14.1. The van der Waals surface area contributed by atoms with Gasteiger partial charge in [0.2, 0.25) is 0 Å². The van der Waals surface area contributed by atoms with Crippen LogP contribution >= 0.6 is 0 Å². The molecule has 128 valence electrons. The normalized spacial score (nSPS) is 25.0. The molecule has 1 aliphatic carbocycles. The molecule has 1 aromatic heterocycles. The lowest BCUT2D eigenvalue weighted by Gasteiger charge is -2.13. The third-order valence-electron chi connectivity index (χ3n) is 4.97. The van der Waals surface area contributed by atoms with E-state index in [9.17, 15) is 12.8 Å². The van der Waals surface area contributed by atoms with Crippen LogP contribution in [-0.4, -0.2) is 29.7 Å². The molecule has 4 rings (SSSR count). The second-order valence-corrected chi connectivity index (χ2v) is 8.93. The Bertz CT molecular complexity index is 862. The average molecular weight is 349 g/mol. The van der Waals surface area contributed by atoms with Gasteiger partial charge in [-0.1, -0.05) is 6.07 Å². The molecule has 2 atom stereocenters. The predicted molar refractivity (Wildman–Crippen MR) is 88.8 cm³/mol. The molecule has 1 aromatic carbocycles. The highest BCUT2D eigenvalue weighted by Gasteiger charge is 2.29. The maximum atomic E-state index is 13.3. The van der Waals surface area contributed by atoms with E-state index >= 15 is 0 Å². The number of sulfone groups is 1. The van der Waals surface area contributed by atoms with E-state index in [0.29, 0.717) is 13.0 Å². The molecule has 0 radical (unpaired) electrons. The molecule has 2 heterocycles. The summed E-state index contributed by atoms with van der Waals surface area (Å²) in [6, 6.07) is 5.18. The van der Waals surface area contributed by atoms with E-state index < -0.39 is 9.84 Å². The van der Waals surface area contributed by atoms with Crippen molar-refractivity contribution in [2.45, 2.75) is 37.9 Å². The fourth-order valence-electron chi connectivity index (χ4n) is 3.69. The lowest BCUT2D eigenvalue weighted by Crippen LogP contribution is -2.18. The van der Waals surface area contributed by atoms with Gasteiger partial charge < -0.3 is 5.32 Å². The van der Waals surface area contributed by atoms with Gasteiger partial charge in [-0.05, 0) is 42.5 Å². The van der Waals surface area contributed by atoms with E-state index in [0.717, 1.165) is 24.0 Å². The van der Waals surface area contributed by atoms with Crippen LogP contribution in [0.1, 0.15) is 41.6 Å². The second kappa shape index (κ2) is 5.97. The van der Waals surface area contributed by atoms with Crippen LogP contribution in [0.4, 0.5) is 4.39 Å². The zero-order chi connectivity index (χ0) is 16.7. The summed E-state index contributed by atoms with van der Waals surface area (Å²) in [6.45, 7) is 0.668. The van der Waals surface area contributed by atoms with Crippen LogP contribution < -0.4 is 5.32 Å². The van der Waals surface area contributed by atoms with E-state index in [1.54, 1.807) is 16.9 Å². The molecule has 0 amide bonds. The molecule has 0 saturated carbocycles. The van der Waals surface area contributed by atoms with Crippen molar-refractivity contribution >= 4 is 9.84 Å². The Kier molecular flexibility index (Phi) is 3.92. The number of hydrogen-bond acceptors (Lipinski definition) is 4. The minimum Gasteiger partial charge on any atom is -0.306 e. The van der Waals surface area contributed by atoms with Crippen molar-refractivity contribution in [3.8, 4) is 0 Å². The lowest BCUT2D eigenvalue weighted by atomic mass is 10.1. The average Bonchev–Trinajstić information content (AvgIpc) is 3.23. The second-order valence-electron chi connectivity index (χ2n) is 6.70. The first-order valence-electron chi connectivity index (χ1n) is 8.25. The smallest absolute Gasteiger partial charge is 0.152 e. The molecule has 5 nitrogen and oxygen atoms in total. The van der Waals surface area contributed by atoms with E-state index in [4.69, 9.17) is 0 Å². The Morgan fingerprint density at radius 1 is 1.33 bits per heavy atom. The Morgan fingerprint density at radius 2 is 2.21 bits per heavy atom. The number of aryl methyl sites for hydroxylation is 1. The monoisotopic (exact) mass is 349 g/mol. The number of fused-ring (bicyclic) bond motifs is 1. The van der Waals surface area contributed by atoms with Gasteiger partial charge in [-0.2, -0.15) is 5.10 Å². The first-order chi connectivity index (χ1) is 11.5. The molecule has 0 bridgehead atoms. The number of halogens is 1. The largest absolute Gasteiger partial charge is 0.306 e. The summed E-state index contributed by atoms with van der Waals surface area (Å²) in [5.41, 5.74) is 3.29. The number of hydrogen-bond donors (Lipinski definition) is 1. The molecule has 7 heteroatoms. The fourth-order valence-corrected chi connectivity index (χ4v) is 5.40. The molecule has 0 spiro atoms. The van der Waals surface area contributed by atoms with Crippen molar-refractivity contribution in [3.05, 3.63) is 53.1 Å². The lowest BCUT2D eigenvalue weighted by molar-refractivity contribution is 0.497. The van der Waals surface area contributed by atoms with Crippen molar-refractivity contribution < 1.29 is 12.8 Å². The molecular weight excluding hydrogens is 329 g/mol. The standard InChI is InChI=1S/C17H20FN3O2S/c18-14-2-3-16-13(7-14)1-4-17(16)19-8-12-9-20-21(10-12)15-5-6-24(22,23)11-15/h2-3,7,9-10,15,17,19H,1,4-6,8,11H2/t15-,17+/m1/s1. The molecule has 2 aromatic rings. The van der Waals surface area contributed by atoms with Gasteiger partial charge in [0.15, 0.2) is 9.84 Å². The van der Waals surface area contributed by atoms with Crippen LogP contribution in [-0.2, 0) is 22.8 Å². The maximum Gasteiger partial charge on any atom is 0.152 e. The highest BCUT2D eigenvalue weighted by Crippen LogP contribution is 2.31. The van der Waals surface area contributed by atoms with Gasteiger partial charge in [0.1, 0.15) is 5.82 Å². The maximum absolute atomic E-state index is 13.3. The first-order valence-corrected chi connectivity index (χ1v) is 10.1. The van der Waals surface area contributed by atoms with E-state index in [1.165, 1.54) is 11.6 Å². The molecule has 0 unspecified atom stereocenters. The van der Waals surface area contributed by atoms with Gasteiger partial charge in [-0.3, -0.25) is 4.68 Å². The number of benzene rings is 1. The number of nitrogens with one attached hydrogen (secondary N) is 1. The molecular formula is C17H20FN3O2S. The fraction of sp³-hybridized carbons (Fsp3) is 0.471. The Morgan fingerprint density at radius 3 is 3.00 bits per heavy atom. The van der Waals surface area contributed by atoms with E-state index in [-0.39, 0.29) is 29.4 Å². The summed E-state index contributed by atoms with van der Waals surface area (Å²) < 4.78 is 38.2. The Balaban J connectivity index is 1.40. The van der Waals surface area contributed by atoms with Crippen LogP contribution in [0.15, 0.2) is 30.6 Å². The van der Waals surface area contributed by atoms with Crippen molar-refractivity contribution in [3.63, 3.8) is 0 Å². The van der Waals surface area contributed by atoms with Crippen LogP contribution in [0.25, 0.3) is 0 Å². The van der Waals surface area contributed by atoms with Crippen molar-refractivity contribution in [1.29, 1.82) is 0 Å². The molecule has 24 heavy (non-hydrogen) atoms. The molecule has 1 aliphatic heterocycles. The molecule has 2 aliphatic rings. The summed E-state index contributed by atoms with van der Waals surface area (Å²) in [5, 5.41) is 7.83. The zero-order valence-electron chi connectivity index (χ0n) is 13.3. The van der Waals surface area contributed by atoms with Crippen molar-refractivity contribution in [2.75, 3.05) is 11.5 Å². The third kappa shape index (κ3) is 3.10. The summed E-state index contributed by atoms with van der Waals surface area (Å²) in [4.78, 5) is 0. The molecule has 1 N–H and O–H groups in total. The number of aromatic nitrogens is 2. The summed E-state index contributed by atoms with van der Waals surface area (Å²) in [5.74, 6) is 0.256.